The molecule has 0 aromatic heterocycles. The summed E-state index contributed by atoms with van der Waals surface area (Å²) in [5, 5.41) is 6.94. The van der Waals surface area contributed by atoms with Crippen molar-refractivity contribution < 1.29 is 13.9 Å². The minimum absolute atomic E-state index is 0.0374. The molecular formula is C22H17Br2ClFN3O2. The number of nitrogens with zero attached hydrogens (tertiary/aromatic N) is 1. The van der Waals surface area contributed by atoms with E-state index < -0.39 is 6.03 Å². The van der Waals surface area contributed by atoms with Crippen LogP contribution in [0, 0.1) is 12.7 Å². The summed E-state index contributed by atoms with van der Waals surface area (Å²) in [6, 6.07) is 14.7. The van der Waals surface area contributed by atoms with Gasteiger partial charge in [-0.25, -0.2) is 14.6 Å². The van der Waals surface area contributed by atoms with E-state index >= 15 is 0 Å². The van der Waals surface area contributed by atoms with Gasteiger partial charge in [0, 0.05) is 15.7 Å². The Hall–Kier alpha value is -2.42. The molecule has 0 spiro atoms. The molecule has 0 radical (unpaired) electrons. The van der Waals surface area contributed by atoms with E-state index in [1.807, 2.05) is 19.1 Å². The van der Waals surface area contributed by atoms with Crippen LogP contribution in [0.15, 0.2) is 68.6 Å². The summed E-state index contributed by atoms with van der Waals surface area (Å²) in [5.41, 5.74) is 5.10. The predicted molar refractivity (Wildman–Crippen MR) is 129 cm³/mol. The minimum Gasteiger partial charge on any atom is -0.486 e. The van der Waals surface area contributed by atoms with Gasteiger partial charge in [0.25, 0.3) is 0 Å². The lowest BCUT2D eigenvalue weighted by Crippen LogP contribution is -2.24. The Labute approximate surface area is 200 Å². The Morgan fingerprint density at radius 3 is 2.65 bits per heavy atom. The molecule has 0 fully saturated rings. The summed E-state index contributed by atoms with van der Waals surface area (Å²) in [6.45, 7) is 1.96. The van der Waals surface area contributed by atoms with Gasteiger partial charge < -0.3 is 10.1 Å². The predicted octanol–water partition coefficient (Wildman–Crippen LogP) is 7.05. The highest BCUT2D eigenvalue weighted by molar-refractivity contribution is 9.10. The number of hydrogen-bond acceptors (Lipinski definition) is 3. The first-order valence-electron chi connectivity index (χ1n) is 9.05. The highest BCUT2D eigenvalue weighted by atomic mass is 79.9. The zero-order valence-corrected chi connectivity index (χ0v) is 20.2. The lowest BCUT2D eigenvalue weighted by molar-refractivity contribution is 0.252. The molecular weight excluding hydrogens is 553 g/mol. The zero-order valence-electron chi connectivity index (χ0n) is 16.3. The number of benzene rings is 3. The number of amides is 2. The molecule has 0 unspecified atom stereocenters. The van der Waals surface area contributed by atoms with Crippen LogP contribution >= 0.6 is 43.5 Å². The molecule has 31 heavy (non-hydrogen) atoms. The van der Waals surface area contributed by atoms with Crippen LogP contribution in [0.3, 0.4) is 0 Å². The van der Waals surface area contributed by atoms with Crippen LogP contribution in [0.25, 0.3) is 0 Å². The van der Waals surface area contributed by atoms with Crippen LogP contribution in [-0.4, -0.2) is 12.2 Å². The van der Waals surface area contributed by atoms with Gasteiger partial charge >= 0.3 is 6.03 Å². The Morgan fingerprint density at radius 2 is 1.94 bits per heavy atom. The van der Waals surface area contributed by atoms with E-state index in [1.54, 1.807) is 36.4 Å². The number of hydrogen-bond donors (Lipinski definition) is 2. The van der Waals surface area contributed by atoms with Crippen molar-refractivity contribution in [3.05, 3.63) is 91.1 Å². The van der Waals surface area contributed by atoms with Gasteiger partial charge in [0.05, 0.1) is 15.7 Å². The van der Waals surface area contributed by atoms with Gasteiger partial charge in [0.1, 0.15) is 12.4 Å². The molecule has 0 heterocycles. The lowest BCUT2D eigenvalue weighted by Gasteiger charge is -2.11. The summed E-state index contributed by atoms with van der Waals surface area (Å²) >= 11 is 13.1. The number of hydrazone groups is 1. The van der Waals surface area contributed by atoms with Gasteiger partial charge in [-0.05, 0) is 70.4 Å². The first kappa shape index (κ1) is 23.2. The highest BCUT2D eigenvalue weighted by Gasteiger charge is 2.11. The van der Waals surface area contributed by atoms with E-state index in [4.69, 9.17) is 16.3 Å². The topological polar surface area (TPSA) is 62.7 Å². The molecule has 0 aliphatic carbocycles. The maximum atomic E-state index is 13.8. The fourth-order valence-corrected chi connectivity index (χ4v) is 3.84. The standard InChI is InChI=1S/C22H17Br2ClFN3O2/c1-13-8-16(6-7-17(13)23)28-22(30)29-27-11-14-9-18(24)21(19(25)10-14)31-12-15-4-2-3-5-20(15)26/h2-11H,12H2,1H3,(H2,28,29,30)/b27-11+. The number of aryl methyl sites for hydroxylation is 1. The number of nitrogens with one attached hydrogen (secondary N) is 2. The number of halogens is 4. The minimum atomic E-state index is -0.479. The van der Waals surface area contributed by atoms with Gasteiger partial charge in [0.15, 0.2) is 5.75 Å². The quantitative estimate of drug-likeness (QED) is 0.247. The van der Waals surface area contributed by atoms with Crippen LogP contribution < -0.4 is 15.5 Å². The third kappa shape index (κ3) is 6.53. The first-order valence-corrected chi connectivity index (χ1v) is 11.0. The molecule has 160 valence electrons. The summed E-state index contributed by atoms with van der Waals surface area (Å²) in [4.78, 5) is 12.0. The van der Waals surface area contributed by atoms with E-state index in [0.717, 1.165) is 10.0 Å². The van der Waals surface area contributed by atoms with Crippen LogP contribution in [0.4, 0.5) is 14.9 Å². The molecule has 0 atom stereocenters. The van der Waals surface area contributed by atoms with Gasteiger partial charge in [0.2, 0.25) is 0 Å². The second-order valence-electron chi connectivity index (χ2n) is 6.48. The second kappa shape index (κ2) is 10.7. The summed E-state index contributed by atoms with van der Waals surface area (Å²) in [5.74, 6) is 0.0412. The van der Waals surface area contributed by atoms with Crippen LogP contribution in [-0.2, 0) is 6.61 Å². The Balaban J connectivity index is 1.60. The number of carbonyl (C=O) groups excluding carboxylic acids is 1. The molecule has 0 aliphatic heterocycles. The summed E-state index contributed by atoms with van der Waals surface area (Å²) in [7, 11) is 0. The fraction of sp³-hybridized carbons (Fsp3) is 0.0909. The Bertz CT molecular complexity index is 1120. The van der Waals surface area contributed by atoms with Gasteiger partial charge in [-0.15, -0.1) is 0 Å². The van der Waals surface area contributed by atoms with Gasteiger partial charge in [-0.1, -0.05) is 45.7 Å². The molecule has 9 heteroatoms. The highest BCUT2D eigenvalue weighted by Crippen LogP contribution is 2.34. The SMILES string of the molecule is Cc1cc(NC(=O)N/N=C/c2cc(Cl)c(OCc3ccccc3F)c(Br)c2)ccc1Br. The average molecular weight is 570 g/mol. The molecule has 0 bridgehead atoms. The van der Waals surface area contributed by atoms with Gasteiger partial charge in [-0.2, -0.15) is 5.10 Å². The second-order valence-corrected chi connectivity index (χ2v) is 8.60. The van der Waals surface area contributed by atoms with E-state index in [9.17, 15) is 9.18 Å². The molecule has 3 aromatic carbocycles. The Kier molecular flexibility index (Phi) is 8.06. The normalized spacial score (nSPS) is 10.9. The fourth-order valence-electron chi connectivity index (χ4n) is 2.60. The zero-order chi connectivity index (χ0) is 22.4. The molecule has 2 amide bonds. The van der Waals surface area contributed by atoms with E-state index in [-0.39, 0.29) is 12.4 Å². The smallest absolute Gasteiger partial charge is 0.339 e. The van der Waals surface area contributed by atoms with E-state index in [1.165, 1.54) is 12.3 Å². The molecule has 3 aromatic rings. The van der Waals surface area contributed by atoms with E-state index in [0.29, 0.717) is 32.1 Å². The maximum absolute atomic E-state index is 13.8. The number of ether oxygens (including phenoxy) is 1. The number of urea groups is 1. The van der Waals surface area contributed by atoms with Crippen LogP contribution in [0.1, 0.15) is 16.7 Å². The first-order chi connectivity index (χ1) is 14.8. The summed E-state index contributed by atoms with van der Waals surface area (Å²) < 4.78 is 21.0. The molecule has 0 saturated carbocycles. The van der Waals surface area contributed by atoms with Crippen molar-refractivity contribution in [2.45, 2.75) is 13.5 Å². The number of rotatable bonds is 6. The van der Waals surface area contributed by atoms with Crippen molar-refractivity contribution in [2.75, 3.05) is 5.32 Å². The van der Waals surface area contributed by atoms with Crippen LogP contribution in [0.5, 0.6) is 5.75 Å². The molecule has 0 aliphatic rings. The van der Waals surface area contributed by atoms with Crippen molar-refractivity contribution in [3.8, 4) is 5.75 Å². The maximum Gasteiger partial charge on any atom is 0.339 e. The average Bonchev–Trinajstić information content (AvgIpc) is 2.71. The van der Waals surface area contributed by atoms with Crippen molar-refractivity contribution >= 4 is 61.4 Å². The van der Waals surface area contributed by atoms with Gasteiger partial charge in [-0.3, -0.25) is 0 Å². The largest absolute Gasteiger partial charge is 0.486 e. The monoisotopic (exact) mass is 567 g/mol. The molecule has 3 rings (SSSR count). The van der Waals surface area contributed by atoms with E-state index in [2.05, 4.69) is 47.7 Å². The van der Waals surface area contributed by atoms with Crippen molar-refractivity contribution in [3.63, 3.8) is 0 Å². The van der Waals surface area contributed by atoms with Crippen molar-refractivity contribution in [1.82, 2.24) is 5.43 Å². The summed E-state index contributed by atoms with van der Waals surface area (Å²) in [6.07, 6.45) is 1.45. The third-order valence-corrected chi connectivity index (χ3v) is 5.91. The molecule has 0 saturated heterocycles. The molecule has 2 N–H and O–H groups in total. The number of anilines is 1. The lowest BCUT2D eigenvalue weighted by atomic mass is 10.2. The number of carbonyl (C=O) groups is 1. The van der Waals surface area contributed by atoms with Crippen molar-refractivity contribution in [1.29, 1.82) is 0 Å². The Morgan fingerprint density at radius 1 is 1.16 bits per heavy atom. The van der Waals surface area contributed by atoms with Crippen molar-refractivity contribution in [2.24, 2.45) is 5.10 Å². The molecule has 5 nitrogen and oxygen atoms in total. The van der Waals surface area contributed by atoms with Crippen LogP contribution in [0.2, 0.25) is 5.02 Å². The third-order valence-electron chi connectivity index (χ3n) is 4.15.